The molecule has 1 amide bonds. The van der Waals surface area contributed by atoms with E-state index in [2.05, 4.69) is 14.7 Å². The van der Waals surface area contributed by atoms with Crippen molar-refractivity contribution >= 4 is 50.6 Å². The highest BCUT2D eigenvalue weighted by Gasteiger charge is 2.29. The first-order chi connectivity index (χ1) is 12.4. The Morgan fingerprint density at radius 2 is 2.15 bits per heavy atom. The molecule has 2 aromatic rings. The van der Waals surface area contributed by atoms with Gasteiger partial charge < -0.3 is 4.90 Å². The topological polar surface area (TPSA) is 92.3 Å². The van der Waals surface area contributed by atoms with E-state index in [-0.39, 0.29) is 22.7 Å². The fraction of sp³-hybridized carbons (Fsp3) is 0.400. The summed E-state index contributed by atoms with van der Waals surface area (Å²) in [5, 5.41) is 2.43. The molecule has 1 N–H and O–H groups in total. The first-order valence-electron chi connectivity index (χ1n) is 7.82. The van der Waals surface area contributed by atoms with E-state index in [0.29, 0.717) is 35.3 Å². The lowest BCUT2D eigenvalue weighted by molar-refractivity contribution is 0.0704. The zero-order valence-electron chi connectivity index (χ0n) is 13.9. The summed E-state index contributed by atoms with van der Waals surface area (Å²) in [4.78, 5) is 22.6. The van der Waals surface area contributed by atoms with Crippen LogP contribution in [0.3, 0.4) is 0 Å². The minimum atomic E-state index is -3.50. The molecular formula is C15H17ClN4O3S3. The van der Waals surface area contributed by atoms with Crippen LogP contribution in [-0.2, 0) is 10.0 Å². The van der Waals surface area contributed by atoms with Crippen LogP contribution in [-0.4, -0.2) is 54.6 Å². The Labute approximate surface area is 165 Å². The van der Waals surface area contributed by atoms with Gasteiger partial charge in [0.25, 0.3) is 5.91 Å². The molecule has 140 valence electrons. The van der Waals surface area contributed by atoms with Crippen LogP contribution in [0.25, 0.3) is 0 Å². The number of carbonyl (C=O) groups is 1. The fourth-order valence-electron chi connectivity index (χ4n) is 2.64. The van der Waals surface area contributed by atoms with Gasteiger partial charge in [0, 0.05) is 19.1 Å². The summed E-state index contributed by atoms with van der Waals surface area (Å²) in [5.74, 6) is -0.257. The smallest absolute Gasteiger partial charge is 0.274 e. The van der Waals surface area contributed by atoms with Gasteiger partial charge in [0.2, 0.25) is 10.0 Å². The number of likely N-dealkylation sites (tertiary alicyclic amines) is 1. The zero-order valence-corrected chi connectivity index (χ0v) is 17.1. The molecule has 0 bridgehead atoms. The van der Waals surface area contributed by atoms with Crippen molar-refractivity contribution in [3.05, 3.63) is 34.4 Å². The largest absolute Gasteiger partial charge is 0.337 e. The van der Waals surface area contributed by atoms with E-state index in [1.54, 1.807) is 22.4 Å². The highest BCUT2D eigenvalue weighted by Crippen LogP contribution is 2.22. The Hall–Kier alpha value is -1.20. The number of carbonyl (C=O) groups excluding carboxylic acids is 1. The highest BCUT2D eigenvalue weighted by molar-refractivity contribution is 7.98. The molecule has 3 heterocycles. The predicted octanol–water partition coefficient (Wildman–Crippen LogP) is 2.50. The van der Waals surface area contributed by atoms with Gasteiger partial charge in [0.15, 0.2) is 10.9 Å². The quantitative estimate of drug-likeness (QED) is 0.576. The number of hydrogen-bond donors (Lipinski definition) is 1. The minimum absolute atomic E-state index is 0.184. The molecule has 0 unspecified atom stereocenters. The van der Waals surface area contributed by atoms with E-state index in [1.807, 2.05) is 6.26 Å². The van der Waals surface area contributed by atoms with Crippen LogP contribution in [0.1, 0.15) is 23.3 Å². The number of nitrogens with one attached hydrogen (secondary N) is 1. The summed E-state index contributed by atoms with van der Waals surface area (Å²) in [7, 11) is -3.50. The number of nitrogens with zero attached hydrogens (tertiary/aromatic N) is 3. The Morgan fingerprint density at radius 3 is 2.77 bits per heavy atom. The van der Waals surface area contributed by atoms with Crippen molar-refractivity contribution in [1.29, 1.82) is 0 Å². The molecule has 0 aliphatic carbocycles. The lowest BCUT2D eigenvalue weighted by Crippen LogP contribution is -2.46. The molecule has 0 atom stereocenters. The third kappa shape index (κ3) is 4.37. The Kier molecular flexibility index (Phi) is 6.18. The van der Waals surface area contributed by atoms with Crippen LogP contribution < -0.4 is 4.72 Å². The second kappa shape index (κ2) is 8.22. The molecule has 26 heavy (non-hydrogen) atoms. The zero-order chi connectivity index (χ0) is 18.7. The summed E-state index contributed by atoms with van der Waals surface area (Å²) in [5.41, 5.74) is 0.184. The number of piperidine rings is 1. The number of amides is 1. The van der Waals surface area contributed by atoms with Gasteiger partial charge in [-0.05, 0) is 30.5 Å². The van der Waals surface area contributed by atoms with Gasteiger partial charge in [-0.1, -0.05) is 29.4 Å². The molecule has 1 saturated heterocycles. The molecule has 0 radical (unpaired) electrons. The third-order valence-corrected chi connectivity index (χ3v) is 7.73. The van der Waals surface area contributed by atoms with Crippen molar-refractivity contribution in [3.8, 4) is 0 Å². The highest BCUT2D eigenvalue weighted by atomic mass is 35.5. The molecule has 3 rings (SSSR count). The molecule has 7 nitrogen and oxygen atoms in total. The van der Waals surface area contributed by atoms with E-state index in [9.17, 15) is 13.2 Å². The maximum absolute atomic E-state index is 12.7. The van der Waals surface area contributed by atoms with Crippen LogP contribution in [0.5, 0.6) is 0 Å². The van der Waals surface area contributed by atoms with Crippen molar-refractivity contribution in [1.82, 2.24) is 19.6 Å². The standard InChI is InChI=1S/C15H17ClN4O3S3/c1-24-15-17-9-11(16)13(18-15)14(21)20-6-4-10(5-7-20)19-26(22,23)12-3-2-8-25-12/h2-3,8-10,19H,4-7H2,1H3. The number of thioether (sulfide) groups is 1. The van der Waals surface area contributed by atoms with Gasteiger partial charge in [0.1, 0.15) is 4.21 Å². The van der Waals surface area contributed by atoms with Crippen molar-refractivity contribution in [2.24, 2.45) is 0 Å². The van der Waals surface area contributed by atoms with Gasteiger partial charge in [0.05, 0.1) is 11.2 Å². The molecule has 0 aromatic carbocycles. The number of halogens is 1. The number of aromatic nitrogens is 2. The van der Waals surface area contributed by atoms with Gasteiger partial charge >= 0.3 is 0 Å². The van der Waals surface area contributed by atoms with E-state index in [1.165, 1.54) is 29.3 Å². The monoisotopic (exact) mass is 432 g/mol. The predicted molar refractivity (Wildman–Crippen MR) is 102 cm³/mol. The molecular weight excluding hydrogens is 416 g/mol. The van der Waals surface area contributed by atoms with Crippen LogP contribution >= 0.6 is 34.7 Å². The van der Waals surface area contributed by atoms with Crippen LogP contribution in [0.2, 0.25) is 5.02 Å². The average molecular weight is 433 g/mol. The lowest BCUT2D eigenvalue weighted by Gasteiger charge is -2.32. The minimum Gasteiger partial charge on any atom is -0.337 e. The van der Waals surface area contributed by atoms with Crippen molar-refractivity contribution < 1.29 is 13.2 Å². The van der Waals surface area contributed by atoms with Gasteiger partial charge in [-0.3, -0.25) is 4.79 Å². The number of rotatable bonds is 5. The van der Waals surface area contributed by atoms with Crippen LogP contribution in [0.4, 0.5) is 0 Å². The summed E-state index contributed by atoms with van der Waals surface area (Å²) < 4.78 is 27.6. The van der Waals surface area contributed by atoms with E-state index in [0.717, 1.165) is 0 Å². The normalized spacial score (nSPS) is 16.0. The van der Waals surface area contributed by atoms with E-state index >= 15 is 0 Å². The molecule has 11 heteroatoms. The second-order valence-electron chi connectivity index (χ2n) is 5.67. The van der Waals surface area contributed by atoms with Crippen LogP contribution in [0, 0.1) is 0 Å². The van der Waals surface area contributed by atoms with Gasteiger partial charge in [-0.15, -0.1) is 11.3 Å². The summed E-state index contributed by atoms with van der Waals surface area (Å²) >= 11 is 8.58. The fourth-order valence-corrected chi connectivity index (χ4v) is 5.47. The van der Waals surface area contributed by atoms with Crippen molar-refractivity contribution in [2.45, 2.75) is 28.2 Å². The average Bonchev–Trinajstić information content (AvgIpc) is 3.18. The Morgan fingerprint density at radius 1 is 1.42 bits per heavy atom. The molecule has 0 spiro atoms. The van der Waals surface area contributed by atoms with E-state index in [4.69, 9.17) is 11.6 Å². The van der Waals surface area contributed by atoms with Crippen molar-refractivity contribution in [3.63, 3.8) is 0 Å². The molecule has 1 fully saturated rings. The second-order valence-corrected chi connectivity index (χ2v) is 9.74. The van der Waals surface area contributed by atoms with Gasteiger partial charge in [-0.2, -0.15) is 0 Å². The summed E-state index contributed by atoms with van der Waals surface area (Å²) in [6.45, 7) is 0.872. The molecule has 1 aliphatic rings. The maximum atomic E-state index is 12.7. The molecule has 2 aromatic heterocycles. The van der Waals surface area contributed by atoms with Crippen molar-refractivity contribution in [2.75, 3.05) is 19.3 Å². The third-order valence-electron chi connectivity index (χ3n) is 3.97. The summed E-state index contributed by atoms with van der Waals surface area (Å²) in [6.07, 6.45) is 4.32. The van der Waals surface area contributed by atoms with Crippen LogP contribution in [0.15, 0.2) is 33.1 Å². The lowest BCUT2D eigenvalue weighted by atomic mass is 10.1. The molecule has 0 saturated carbocycles. The number of thiophene rings is 1. The number of sulfonamides is 1. The van der Waals surface area contributed by atoms with E-state index < -0.39 is 10.0 Å². The Bertz CT molecular complexity index is 882. The SMILES string of the molecule is CSc1ncc(Cl)c(C(=O)N2CCC(NS(=O)(=O)c3cccs3)CC2)n1. The Balaban J connectivity index is 1.63. The maximum Gasteiger partial charge on any atom is 0.274 e. The summed E-state index contributed by atoms with van der Waals surface area (Å²) in [6, 6.07) is 3.08. The number of hydrogen-bond acceptors (Lipinski definition) is 7. The van der Waals surface area contributed by atoms with Gasteiger partial charge in [-0.25, -0.2) is 23.1 Å². The first-order valence-corrected chi connectivity index (χ1v) is 11.8. The molecule has 1 aliphatic heterocycles. The first kappa shape index (κ1) is 19.6.